The van der Waals surface area contributed by atoms with Crippen LogP contribution in [0.1, 0.15) is 95.0 Å². The summed E-state index contributed by atoms with van der Waals surface area (Å²) in [6.45, 7) is 23.1. The van der Waals surface area contributed by atoms with Crippen molar-refractivity contribution in [1.82, 2.24) is 0 Å². The molecule has 0 aliphatic heterocycles. The number of hydrogen-bond donors (Lipinski definition) is 0. The Hall–Kier alpha value is -3.90. The van der Waals surface area contributed by atoms with Gasteiger partial charge in [-0.2, -0.15) is 0 Å². The Labute approximate surface area is 266 Å². The zero-order valence-electron chi connectivity index (χ0n) is 29.1. The van der Waals surface area contributed by atoms with Crippen molar-refractivity contribution in [2.24, 2.45) is 0 Å². The summed E-state index contributed by atoms with van der Waals surface area (Å²) in [6.07, 6.45) is 0. The maximum atomic E-state index is 2.20. The SMILES string of the molecule is CC.CC.CC(C)c1ccccc1.CC(C)c1ccccc1.Cc1ccccc1.Cc1ccccc1.Cc1ccccc1. The van der Waals surface area contributed by atoms with Crippen molar-refractivity contribution in [2.75, 3.05) is 0 Å². The Morgan fingerprint density at radius 2 is 0.442 bits per heavy atom. The highest BCUT2D eigenvalue weighted by Crippen LogP contribution is 2.12. The average Bonchev–Trinajstić information content (AvgIpc) is 3.06. The Bertz CT molecular complexity index is 1040. The van der Waals surface area contributed by atoms with E-state index < -0.39 is 0 Å². The van der Waals surface area contributed by atoms with Crippen LogP contribution in [0.3, 0.4) is 0 Å². The van der Waals surface area contributed by atoms with E-state index >= 15 is 0 Å². The van der Waals surface area contributed by atoms with Gasteiger partial charge in [0.25, 0.3) is 0 Å². The highest BCUT2D eigenvalue weighted by molar-refractivity contribution is 5.18. The van der Waals surface area contributed by atoms with Crippen LogP contribution in [0.4, 0.5) is 0 Å². The monoisotopic (exact) mass is 576 g/mol. The number of rotatable bonds is 2. The lowest BCUT2D eigenvalue weighted by Crippen LogP contribution is -1.83. The van der Waals surface area contributed by atoms with Gasteiger partial charge in [-0.1, -0.05) is 224 Å². The van der Waals surface area contributed by atoms with Crippen LogP contribution in [-0.4, -0.2) is 0 Å². The molecule has 0 fully saturated rings. The lowest BCUT2D eigenvalue weighted by atomic mass is 10.0. The lowest BCUT2D eigenvalue weighted by molar-refractivity contribution is 0.867. The summed E-state index contributed by atoms with van der Waals surface area (Å²) in [7, 11) is 0. The molecule has 0 heterocycles. The van der Waals surface area contributed by atoms with Gasteiger partial charge in [0, 0.05) is 0 Å². The Morgan fingerprint density at radius 3 is 0.535 bits per heavy atom. The van der Waals surface area contributed by atoms with Crippen molar-refractivity contribution in [3.63, 3.8) is 0 Å². The second kappa shape index (κ2) is 29.6. The molecule has 0 heteroatoms. The molecule has 0 N–H and O–H groups in total. The maximum absolute atomic E-state index is 2.20. The minimum Gasteiger partial charge on any atom is -0.0683 e. The Morgan fingerprint density at radius 1 is 0.279 bits per heavy atom. The van der Waals surface area contributed by atoms with Gasteiger partial charge in [-0.15, -0.1) is 0 Å². The molecule has 0 bridgehead atoms. The third-order valence-corrected chi connectivity index (χ3v) is 5.75. The first-order valence-corrected chi connectivity index (χ1v) is 15.9. The van der Waals surface area contributed by atoms with E-state index in [1.54, 1.807) is 0 Å². The molecule has 5 aromatic carbocycles. The second-order valence-corrected chi connectivity index (χ2v) is 10.1. The minimum atomic E-state index is 0.659. The predicted molar refractivity (Wildman–Crippen MR) is 197 cm³/mol. The Balaban J connectivity index is 0. The molecule has 0 aliphatic carbocycles. The summed E-state index contributed by atoms with van der Waals surface area (Å²) in [5, 5.41) is 0. The molecule has 0 unspecified atom stereocenters. The molecule has 0 aromatic heterocycles. The molecule has 0 atom stereocenters. The summed E-state index contributed by atoms with van der Waals surface area (Å²) >= 11 is 0. The van der Waals surface area contributed by atoms with Crippen molar-refractivity contribution in [3.05, 3.63) is 179 Å². The summed E-state index contributed by atoms with van der Waals surface area (Å²) in [5.74, 6) is 1.32. The largest absolute Gasteiger partial charge is 0.0683 e. The van der Waals surface area contributed by atoms with Gasteiger partial charge < -0.3 is 0 Å². The van der Waals surface area contributed by atoms with Crippen LogP contribution in [0.5, 0.6) is 0 Å². The lowest BCUT2D eigenvalue weighted by Gasteiger charge is -2.01. The summed E-state index contributed by atoms with van der Waals surface area (Å²) in [5.41, 5.74) is 6.79. The van der Waals surface area contributed by atoms with E-state index in [1.807, 2.05) is 94.4 Å². The molecule has 5 aromatic rings. The zero-order chi connectivity index (χ0) is 32.7. The van der Waals surface area contributed by atoms with E-state index in [0.717, 1.165) is 0 Å². The van der Waals surface area contributed by atoms with Gasteiger partial charge >= 0.3 is 0 Å². The first kappa shape index (κ1) is 41.2. The van der Waals surface area contributed by atoms with Gasteiger partial charge in [-0.05, 0) is 43.7 Å². The maximum Gasteiger partial charge on any atom is -0.0219 e. The first-order chi connectivity index (χ1) is 20.8. The molecule has 0 radical (unpaired) electrons. The fraction of sp³-hybridized carbons (Fsp3) is 0.302. The highest BCUT2D eigenvalue weighted by atomic mass is 14.0. The van der Waals surface area contributed by atoms with Crippen LogP contribution in [0.2, 0.25) is 0 Å². The van der Waals surface area contributed by atoms with E-state index in [-0.39, 0.29) is 0 Å². The zero-order valence-corrected chi connectivity index (χ0v) is 29.1. The molecule has 0 amide bonds. The number of hydrogen-bond acceptors (Lipinski definition) is 0. The Kier molecular flexibility index (Phi) is 28.4. The summed E-state index contributed by atoms with van der Waals surface area (Å²) in [6, 6.07) is 51.8. The molecule has 0 nitrogen and oxygen atoms in total. The van der Waals surface area contributed by atoms with Gasteiger partial charge in [-0.25, -0.2) is 0 Å². The highest BCUT2D eigenvalue weighted by Gasteiger charge is 1.94. The second-order valence-electron chi connectivity index (χ2n) is 10.1. The molecule has 0 spiro atoms. The number of benzene rings is 5. The van der Waals surface area contributed by atoms with Crippen molar-refractivity contribution in [3.8, 4) is 0 Å². The van der Waals surface area contributed by atoms with Crippen molar-refractivity contribution < 1.29 is 0 Å². The van der Waals surface area contributed by atoms with Crippen LogP contribution in [0.25, 0.3) is 0 Å². The molecular formula is C43H60. The van der Waals surface area contributed by atoms with Gasteiger partial charge in [0.1, 0.15) is 0 Å². The standard InChI is InChI=1S/2C9H12.3C7H8.2C2H6/c2*1-8(2)9-6-4-3-5-7-9;3*1-7-5-3-2-4-6-7;2*1-2/h2*3-8H,1-2H3;3*2-6H,1H3;2*1-2H3. The minimum absolute atomic E-state index is 0.659. The van der Waals surface area contributed by atoms with Gasteiger partial charge in [-0.3, -0.25) is 0 Å². The average molecular weight is 577 g/mol. The number of aryl methyl sites for hydroxylation is 3. The topological polar surface area (TPSA) is 0 Å². The van der Waals surface area contributed by atoms with Gasteiger partial charge in [0.05, 0.1) is 0 Å². The molecule has 0 saturated heterocycles. The molecular weight excluding hydrogens is 516 g/mol. The van der Waals surface area contributed by atoms with E-state index in [0.29, 0.717) is 11.8 Å². The van der Waals surface area contributed by atoms with Crippen molar-refractivity contribution in [2.45, 2.75) is 88.0 Å². The van der Waals surface area contributed by atoms with E-state index in [4.69, 9.17) is 0 Å². The molecule has 232 valence electrons. The molecule has 0 saturated carbocycles. The third-order valence-electron chi connectivity index (χ3n) is 5.75. The fourth-order valence-corrected chi connectivity index (χ4v) is 3.28. The van der Waals surface area contributed by atoms with E-state index in [1.165, 1.54) is 27.8 Å². The smallest absolute Gasteiger partial charge is 0.0219 e. The van der Waals surface area contributed by atoms with Crippen molar-refractivity contribution in [1.29, 1.82) is 0 Å². The third kappa shape index (κ3) is 25.5. The van der Waals surface area contributed by atoms with E-state index in [2.05, 4.69) is 133 Å². The normalized spacial score (nSPS) is 8.77. The van der Waals surface area contributed by atoms with Crippen LogP contribution >= 0.6 is 0 Å². The summed E-state index contributed by atoms with van der Waals surface area (Å²) < 4.78 is 0. The van der Waals surface area contributed by atoms with E-state index in [9.17, 15) is 0 Å². The van der Waals surface area contributed by atoms with Crippen LogP contribution < -0.4 is 0 Å². The fourth-order valence-electron chi connectivity index (χ4n) is 3.28. The van der Waals surface area contributed by atoms with Gasteiger partial charge in [0.15, 0.2) is 0 Å². The predicted octanol–water partition coefficient (Wildman–Crippen LogP) is 13.7. The molecule has 5 rings (SSSR count). The van der Waals surface area contributed by atoms with Crippen LogP contribution in [0, 0.1) is 20.8 Å². The van der Waals surface area contributed by atoms with Gasteiger partial charge in [0.2, 0.25) is 0 Å². The van der Waals surface area contributed by atoms with Crippen LogP contribution in [-0.2, 0) is 0 Å². The quantitative estimate of drug-likeness (QED) is 0.196. The molecule has 0 aliphatic rings. The molecule has 43 heavy (non-hydrogen) atoms. The first-order valence-electron chi connectivity index (χ1n) is 15.9. The van der Waals surface area contributed by atoms with Crippen LogP contribution in [0.15, 0.2) is 152 Å². The summed E-state index contributed by atoms with van der Waals surface area (Å²) in [4.78, 5) is 0. The van der Waals surface area contributed by atoms with Crippen molar-refractivity contribution >= 4 is 0 Å².